The summed E-state index contributed by atoms with van der Waals surface area (Å²) in [4.78, 5) is 0. The average Bonchev–Trinajstić information content (AvgIpc) is 2.44. The average molecular weight is 167 g/mol. The lowest BCUT2D eigenvalue weighted by molar-refractivity contribution is 1.23. The van der Waals surface area contributed by atoms with E-state index in [2.05, 4.69) is 41.7 Å². The summed E-state index contributed by atoms with van der Waals surface area (Å²) >= 11 is 0. The third kappa shape index (κ3) is 0.872. The van der Waals surface area contributed by atoms with Gasteiger partial charge < -0.3 is 5.32 Å². The van der Waals surface area contributed by atoms with Crippen LogP contribution < -0.4 is 15.8 Å². The van der Waals surface area contributed by atoms with Crippen LogP contribution in [0.4, 0.5) is 0 Å². The standard InChI is InChI=1S/C12H9N/c1-3-9-5-2-8-13-11-7-6-10(4-1)12(9)11/h1-8,13H. The molecule has 2 aliphatic rings. The van der Waals surface area contributed by atoms with Crippen molar-refractivity contribution < 1.29 is 0 Å². The third-order valence-electron chi connectivity index (χ3n) is 2.44. The molecular formula is C12H9N. The van der Waals surface area contributed by atoms with E-state index < -0.39 is 0 Å². The maximum atomic E-state index is 3.26. The zero-order valence-corrected chi connectivity index (χ0v) is 7.12. The van der Waals surface area contributed by atoms with Gasteiger partial charge >= 0.3 is 0 Å². The molecule has 0 saturated carbocycles. The predicted molar refractivity (Wildman–Crippen MR) is 54.9 cm³/mol. The van der Waals surface area contributed by atoms with Gasteiger partial charge in [0.15, 0.2) is 0 Å². The molecule has 0 spiro atoms. The molecule has 1 aliphatic heterocycles. The van der Waals surface area contributed by atoms with Gasteiger partial charge in [-0.1, -0.05) is 30.4 Å². The highest BCUT2D eigenvalue weighted by Crippen LogP contribution is 2.06. The fourth-order valence-electron chi connectivity index (χ4n) is 1.84. The maximum absolute atomic E-state index is 3.26. The van der Waals surface area contributed by atoms with Crippen molar-refractivity contribution in [2.45, 2.75) is 0 Å². The SMILES string of the molecule is C1=CNC2=c3c(cccc3=C1)C=C2. The maximum Gasteiger partial charge on any atom is 0.0465 e. The highest BCUT2D eigenvalue weighted by Gasteiger charge is 2.05. The molecule has 0 radical (unpaired) electrons. The van der Waals surface area contributed by atoms with Gasteiger partial charge in [0, 0.05) is 17.1 Å². The second-order valence-electron chi connectivity index (χ2n) is 3.23. The zero-order valence-electron chi connectivity index (χ0n) is 7.12. The van der Waals surface area contributed by atoms with E-state index in [1.54, 1.807) is 0 Å². The summed E-state index contributed by atoms with van der Waals surface area (Å²) in [6.45, 7) is 0. The molecule has 1 heterocycles. The van der Waals surface area contributed by atoms with Crippen LogP contribution in [0.1, 0.15) is 5.56 Å². The fourth-order valence-corrected chi connectivity index (χ4v) is 1.84. The van der Waals surface area contributed by atoms with Crippen LogP contribution in [-0.4, -0.2) is 0 Å². The number of benzene rings is 1. The molecule has 1 aliphatic carbocycles. The fraction of sp³-hybridized carbons (Fsp3) is 0. The first kappa shape index (κ1) is 6.72. The van der Waals surface area contributed by atoms with Gasteiger partial charge in [-0.25, -0.2) is 0 Å². The van der Waals surface area contributed by atoms with Crippen molar-refractivity contribution in [2.75, 3.05) is 0 Å². The highest BCUT2D eigenvalue weighted by molar-refractivity contribution is 5.76. The van der Waals surface area contributed by atoms with E-state index in [-0.39, 0.29) is 0 Å². The number of rotatable bonds is 0. The molecular weight excluding hydrogens is 158 g/mol. The molecule has 1 nitrogen and oxygen atoms in total. The Hall–Kier alpha value is -1.76. The summed E-state index contributed by atoms with van der Waals surface area (Å²) in [5, 5.41) is 5.87. The molecule has 0 bridgehead atoms. The number of allylic oxidation sites excluding steroid dienone is 1. The lowest BCUT2D eigenvalue weighted by Gasteiger charge is -1.96. The van der Waals surface area contributed by atoms with E-state index in [9.17, 15) is 0 Å². The van der Waals surface area contributed by atoms with Gasteiger partial charge in [0.1, 0.15) is 0 Å². The summed E-state index contributed by atoms with van der Waals surface area (Å²) in [5.41, 5.74) is 2.51. The van der Waals surface area contributed by atoms with E-state index in [0.717, 1.165) is 0 Å². The van der Waals surface area contributed by atoms with Crippen LogP contribution in [-0.2, 0) is 0 Å². The van der Waals surface area contributed by atoms with Gasteiger partial charge in [-0.3, -0.25) is 0 Å². The van der Waals surface area contributed by atoms with Gasteiger partial charge in [-0.05, 0) is 22.9 Å². The Kier molecular flexibility index (Phi) is 1.22. The molecule has 3 rings (SSSR count). The Bertz CT molecular complexity index is 533. The Morgan fingerprint density at radius 3 is 3.08 bits per heavy atom. The topological polar surface area (TPSA) is 12.0 Å². The minimum absolute atomic E-state index is 1.20. The predicted octanol–water partition coefficient (Wildman–Crippen LogP) is 0.719. The Balaban J connectivity index is 2.57. The second-order valence-corrected chi connectivity index (χ2v) is 3.23. The van der Waals surface area contributed by atoms with E-state index in [1.807, 2.05) is 12.3 Å². The summed E-state index contributed by atoms with van der Waals surface area (Å²) in [5.74, 6) is 0. The molecule has 1 aromatic rings. The zero-order chi connectivity index (χ0) is 8.67. The minimum atomic E-state index is 1.20. The van der Waals surface area contributed by atoms with Crippen molar-refractivity contribution >= 4 is 17.8 Å². The molecule has 1 aromatic carbocycles. The van der Waals surface area contributed by atoms with Gasteiger partial charge in [0.05, 0.1) is 0 Å². The number of hydrogen-bond acceptors (Lipinski definition) is 1. The summed E-state index contributed by atoms with van der Waals surface area (Å²) in [6, 6.07) is 6.38. The van der Waals surface area contributed by atoms with E-state index in [1.165, 1.54) is 21.7 Å². The molecule has 0 unspecified atom stereocenters. The Morgan fingerprint density at radius 2 is 2.08 bits per heavy atom. The molecule has 0 fully saturated rings. The molecule has 1 N–H and O–H groups in total. The van der Waals surface area contributed by atoms with Crippen LogP contribution in [0.2, 0.25) is 0 Å². The van der Waals surface area contributed by atoms with E-state index in [4.69, 9.17) is 0 Å². The lowest BCUT2D eigenvalue weighted by Crippen LogP contribution is -2.28. The van der Waals surface area contributed by atoms with Crippen LogP contribution >= 0.6 is 0 Å². The monoisotopic (exact) mass is 167 g/mol. The Labute approximate surface area is 76.4 Å². The largest absolute Gasteiger partial charge is 0.361 e. The lowest BCUT2D eigenvalue weighted by atomic mass is 10.1. The van der Waals surface area contributed by atoms with Crippen molar-refractivity contribution in [3.8, 4) is 0 Å². The van der Waals surface area contributed by atoms with Crippen molar-refractivity contribution in [3.63, 3.8) is 0 Å². The second kappa shape index (κ2) is 2.36. The van der Waals surface area contributed by atoms with Crippen LogP contribution in [0.3, 0.4) is 0 Å². The van der Waals surface area contributed by atoms with Gasteiger partial charge in [0.25, 0.3) is 0 Å². The van der Waals surface area contributed by atoms with Crippen molar-refractivity contribution in [3.05, 3.63) is 52.6 Å². The molecule has 0 saturated heterocycles. The van der Waals surface area contributed by atoms with Crippen LogP contribution in [0, 0.1) is 0 Å². The summed E-state index contributed by atoms with van der Waals surface area (Å²) in [7, 11) is 0. The molecule has 0 amide bonds. The molecule has 0 aromatic heterocycles. The van der Waals surface area contributed by atoms with Crippen molar-refractivity contribution in [2.24, 2.45) is 0 Å². The summed E-state index contributed by atoms with van der Waals surface area (Å²) in [6.07, 6.45) is 10.4. The Morgan fingerprint density at radius 1 is 1.08 bits per heavy atom. The van der Waals surface area contributed by atoms with E-state index in [0.29, 0.717) is 0 Å². The first-order valence-corrected chi connectivity index (χ1v) is 4.40. The van der Waals surface area contributed by atoms with Gasteiger partial charge in [0.2, 0.25) is 0 Å². The first-order valence-electron chi connectivity index (χ1n) is 4.40. The third-order valence-corrected chi connectivity index (χ3v) is 2.44. The molecule has 0 atom stereocenters. The smallest absolute Gasteiger partial charge is 0.0465 e. The van der Waals surface area contributed by atoms with E-state index >= 15 is 0 Å². The number of hydrogen-bond donors (Lipinski definition) is 1. The quantitative estimate of drug-likeness (QED) is 0.600. The summed E-state index contributed by atoms with van der Waals surface area (Å²) < 4.78 is 0. The van der Waals surface area contributed by atoms with Gasteiger partial charge in [-0.2, -0.15) is 0 Å². The van der Waals surface area contributed by atoms with Crippen LogP contribution in [0.25, 0.3) is 17.8 Å². The highest BCUT2D eigenvalue weighted by atomic mass is 14.8. The minimum Gasteiger partial charge on any atom is -0.361 e. The molecule has 62 valence electrons. The van der Waals surface area contributed by atoms with Crippen LogP contribution in [0.15, 0.2) is 36.6 Å². The van der Waals surface area contributed by atoms with Crippen molar-refractivity contribution in [1.29, 1.82) is 0 Å². The normalized spacial score (nSPS) is 16.2. The van der Waals surface area contributed by atoms with Crippen molar-refractivity contribution in [1.82, 2.24) is 5.32 Å². The number of nitrogens with one attached hydrogen (secondary N) is 1. The molecule has 1 heteroatoms. The first-order chi connectivity index (χ1) is 6.45. The molecule has 13 heavy (non-hydrogen) atoms. The van der Waals surface area contributed by atoms with Gasteiger partial charge in [-0.15, -0.1) is 0 Å². The van der Waals surface area contributed by atoms with Crippen LogP contribution in [0.5, 0.6) is 0 Å².